The molecule has 0 unspecified atom stereocenters. The zero-order valence-corrected chi connectivity index (χ0v) is 12.2. The highest BCUT2D eigenvalue weighted by Crippen LogP contribution is 2.18. The lowest BCUT2D eigenvalue weighted by Gasteiger charge is -2.07. The molecule has 0 saturated heterocycles. The third-order valence-corrected chi connectivity index (χ3v) is 3.20. The molecule has 4 nitrogen and oxygen atoms in total. The van der Waals surface area contributed by atoms with E-state index in [1.54, 1.807) is 6.07 Å². The molecule has 6 heteroatoms. The molecular formula is C12H12BrN3OS. The highest BCUT2D eigenvalue weighted by Gasteiger charge is 2.03. The lowest BCUT2D eigenvalue weighted by Crippen LogP contribution is -2.01. The first-order valence-corrected chi connectivity index (χ1v) is 7.25. The van der Waals surface area contributed by atoms with Gasteiger partial charge in [0.2, 0.25) is 5.88 Å². The average Bonchev–Trinajstić information content (AvgIpc) is 2.36. The molecule has 0 saturated carbocycles. The Labute approximate surface area is 118 Å². The SMILES string of the molecule is CSc1nc(N)cc(OCc2cccc(Br)c2)n1. The van der Waals surface area contributed by atoms with Gasteiger partial charge in [0.25, 0.3) is 0 Å². The fourth-order valence-electron chi connectivity index (χ4n) is 1.37. The molecule has 0 aliphatic rings. The Kier molecular flexibility index (Phi) is 4.43. The van der Waals surface area contributed by atoms with Crippen molar-refractivity contribution in [3.05, 3.63) is 40.4 Å². The first-order chi connectivity index (χ1) is 8.67. The number of aromatic nitrogens is 2. The van der Waals surface area contributed by atoms with Crippen molar-refractivity contribution in [2.24, 2.45) is 0 Å². The minimum atomic E-state index is 0.415. The summed E-state index contributed by atoms with van der Waals surface area (Å²) < 4.78 is 6.63. The number of nitrogen functional groups attached to an aromatic ring is 1. The van der Waals surface area contributed by atoms with E-state index in [9.17, 15) is 0 Å². The molecule has 2 aromatic rings. The third kappa shape index (κ3) is 3.61. The fourth-order valence-corrected chi connectivity index (χ4v) is 2.19. The van der Waals surface area contributed by atoms with Gasteiger partial charge in [0.15, 0.2) is 5.16 Å². The second kappa shape index (κ2) is 6.06. The molecule has 0 spiro atoms. The predicted molar refractivity (Wildman–Crippen MR) is 76.7 cm³/mol. The molecule has 1 aromatic heterocycles. The van der Waals surface area contributed by atoms with E-state index in [-0.39, 0.29) is 0 Å². The summed E-state index contributed by atoms with van der Waals surface area (Å²) in [4.78, 5) is 8.29. The van der Waals surface area contributed by atoms with Gasteiger partial charge in [-0.05, 0) is 24.0 Å². The van der Waals surface area contributed by atoms with Crippen LogP contribution in [0.2, 0.25) is 0 Å². The number of ether oxygens (including phenoxy) is 1. The normalized spacial score (nSPS) is 10.3. The van der Waals surface area contributed by atoms with Gasteiger partial charge < -0.3 is 10.5 Å². The zero-order chi connectivity index (χ0) is 13.0. The number of nitrogens with zero attached hydrogens (tertiary/aromatic N) is 2. The van der Waals surface area contributed by atoms with Crippen LogP contribution in [0.4, 0.5) is 5.82 Å². The molecule has 1 heterocycles. The standard InChI is InChI=1S/C12H12BrN3OS/c1-18-12-15-10(14)6-11(16-12)17-7-8-3-2-4-9(13)5-8/h2-6H,7H2,1H3,(H2,14,15,16). The van der Waals surface area contributed by atoms with Crippen LogP contribution in [0.5, 0.6) is 5.88 Å². The summed E-state index contributed by atoms with van der Waals surface area (Å²) in [6, 6.07) is 9.55. The van der Waals surface area contributed by atoms with Crippen molar-refractivity contribution < 1.29 is 4.74 Å². The quantitative estimate of drug-likeness (QED) is 0.691. The lowest BCUT2D eigenvalue weighted by molar-refractivity contribution is 0.291. The van der Waals surface area contributed by atoms with E-state index in [2.05, 4.69) is 25.9 Å². The first kappa shape index (κ1) is 13.2. The maximum Gasteiger partial charge on any atom is 0.219 e. The van der Waals surface area contributed by atoms with Crippen molar-refractivity contribution in [3.8, 4) is 5.88 Å². The molecule has 1 aromatic carbocycles. The van der Waals surface area contributed by atoms with Crippen LogP contribution in [0.1, 0.15) is 5.56 Å². The maximum absolute atomic E-state index is 5.68. The van der Waals surface area contributed by atoms with E-state index in [1.807, 2.05) is 30.5 Å². The van der Waals surface area contributed by atoms with Gasteiger partial charge in [-0.25, -0.2) is 4.98 Å². The summed E-state index contributed by atoms with van der Waals surface area (Å²) in [5.41, 5.74) is 6.74. The lowest BCUT2D eigenvalue weighted by atomic mass is 10.2. The number of nitrogens with two attached hydrogens (primary N) is 1. The van der Waals surface area contributed by atoms with E-state index in [1.165, 1.54) is 11.8 Å². The second-order valence-electron chi connectivity index (χ2n) is 3.54. The van der Waals surface area contributed by atoms with Crippen LogP contribution in [-0.2, 0) is 6.61 Å². The Morgan fingerprint density at radius 3 is 2.89 bits per heavy atom. The molecule has 0 atom stereocenters. The van der Waals surface area contributed by atoms with Crippen molar-refractivity contribution in [1.82, 2.24) is 9.97 Å². The highest BCUT2D eigenvalue weighted by atomic mass is 79.9. The van der Waals surface area contributed by atoms with E-state index < -0.39 is 0 Å². The van der Waals surface area contributed by atoms with E-state index >= 15 is 0 Å². The second-order valence-corrected chi connectivity index (χ2v) is 5.23. The van der Waals surface area contributed by atoms with Crippen molar-refractivity contribution in [2.45, 2.75) is 11.8 Å². The van der Waals surface area contributed by atoms with Crippen LogP contribution < -0.4 is 10.5 Å². The third-order valence-electron chi connectivity index (χ3n) is 2.16. The van der Waals surface area contributed by atoms with Crippen molar-refractivity contribution >= 4 is 33.5 Å². The molecule has 0 aliphatic carbocycles. The average molecular weight is 326 g/mol. The number of hydrogen-bond acceptors (Lipinski definition) is 5. The van der Waals surface area contributed by atoms with E-state index in [4.69, 9.17) is 10.5 Å². The summed E-state index contributed by atoms with van der Waals surface area (Å²) in [7, 11) is 0. The summed E-state index contributed by atoms with van der Waals surface area (Å²) in [5, 5.41) is 0.610. The van der Waals surface area contributed by atoms with Crippen LogP contribution in [0.3, 0.4) is 0 Å². The monoisotopic (exact) mass is 325 g/mol. The highest BCUT2D eigenvalue weighted by molar-refractivity contribution is 9.10. The van der Waals surface area contributed by atoms with Crippen LogP contribution in [0.15, 0.2) is 40.0 Å². The van der Waals surface area contributed by atoms with Crippen LogP contribution in [-0.4, -0.2) is 16.2 Å². The van der Waals surface area contributed by atoms with Crippen LogP contribution in [0.25, 0.3) is 0 Å². The largest absolute Gasteiger partial charge is 0.473 e. The number of benzene rings is 1. The molecule has 2 N–H and O–H groups in total. The van der Waals surface area contributed by atoms with E-state index in [0.29, 0.717) is 23.5 Å². The number of rotatable bonds is 4. The van der Waals surface area contributed by atoms with Gasteiger partial charge in [0.05, 0.1) is 0 Å². The molecule has 0 bridgehead atoms. The first-order valence-electron chi connectivity index (χ1n) is 5.23. The van der Waals surface area contributed by atoms with Gasteiger partial charge in [-0.2, -0.15) is 4.98 Å². The van der Waals surface area contributed by atoms with Gasteiger partial charge in [-0.3, -0.25) is 0 Å². The summed E-state index contributed by atoms with van der Waals surface area (Å²) in [6.45, 7) is 0.448. The van der Waals surface area contributed by atoms with Gasteiger partial charge >= 0.3 is 0 Å². The molecule has 18 heavy (non-hydrogen) atoms. The summed E-state index contributed by atoms with van der Waals surface area (Å²) in [5.74, 6) is 0.908. The molecule has 0 radical (unpaired) electrons. The molecule has 0 fully saturated rings. The smallest absolute Gasteiger partial charge is 0.219 e. The van der Waals surface area contributed by atoms with Crippen LogP contribution >= 0.6 is 27.7 Å². The number of thioether (sulfide) groups is 1. The minimum absolute atomic E-state index is 0.415. The van der Waals surface area contributed by atoms with Crippen LogP contribution in [0, 0.1) is 0 Å². The van der Waals surface area contributed by atoms with Gasteiger partial charge in [-0.15, -0.1) is 0 Å². The fraction of sp³-hybridized carbons (Fsp3) is 0.167. The molecule has 0 amide bonds. The zero-order valence-electron chi connectivity index (χ0n) is 9.76. The Balaban J connectivity index is 2.08. The molecule has 0 aliphatic heterocycles. The predicted octanol–water partition coefficient (Wildman–Crippen LogP) is 3.12. The maximum atomic E-state index is 5.68. The Morgan fingerprint density at radius 2 is 2.17 bits per heavy atom. The number of halogens is 1. The van der Waals surface area contributed by atoms with Crippen molar-refractivity contribution in [2.75, 3.05) is 12.0 Å². The van der Waals surface area contributed by atoms with Gasteiger partial charge in [0, 0.05) is 10.5 Å². The summed E-state index contributed by atoms with van der Waals surface area (Å²) in [6.07, 6.45) is 1.90. The Morgan fingerprint density at radius 1 is 1.33 bits per heavy atom. The molecular weight excluding hydrogens is 314 g/mol. The molecule has 2 rings (SSSR count). The topological polar surface area (TPSA) is 61.0 Å². The van der Waals surface area contributed by atoms with Gasteiger partial charge in [0.1, 0.15) is 12.4 Å². The van der Waals surface area contributed by atoms with Gasteiger partial charge in [-0.1, -0.05) is 39.8 Å². The Bertz CT molecular complexity index is 551. The number of hydrogen-bond donors (Lipinski definition) is 1. The van der Waals surface area contributed by atoms with E-state index in [0.717, 1.165) is 10.0 Å². The number of anilines is 1. The minimum Gasteiger partial charge on any atom is -0.473 e. The van der Waals surface area contributed by atoms with Crippen molar-refractivity contribution in [1.29, 1.82) is 0 Å². The molecule has 94 valence electrons. The summed E-state index contributed by atoms with van der Waals surface area (Å²) >= 11 is 4.85. The Hall–Kier alpha value is -1.27. The van der Waals surface area contributed by atoms with Crippen molar-refractivity contribution in [3.63, 3.8) is 0 Å².